The lowest BCUT2D eigenvalue weighted by Gasteiger charge is -2.03. The van der Waals surface area contributed by atoms with Crippen LogP contribution in [0.5, 0.6) is 0 Å². The third-order valence-electron chi connectivity index (χ3n) is 2.03. The Bertz CT molecular complexity index is 523. The van der Waals surface area contributed by atoms with Crippen molar-refractivity contribution in [2.45, 2.75) is 17.7 Å². The molecule has 18 heavy (non-hydrogen) atoms. The van der Waals surface area contributed by atoms with Crippen LogP contribution in [0.3, 0.4) is 0 Å². The number of nitrogens with one attached hydrogen (secondary N) is 1. The largest absolute Gasteiger partial charge is 0.475 e. The normalized spacial score (nSPS) is 11.7. The van der Waals surface area contributed by atoms with Crippen LogP contribution in [0.25, 0.3) is 0 Å². The molecule has 0 aliphatic heterocycles. The van der Waals surface area contributed by atoms with Crippen LogP contribution in [-0.2, 0) is 10.0 Å². The molecule has 0 spiro atoms. The molecule has 0 aromatic carbocycles. The summed E-state index contributed by atoms with van der Waals surface area (Å²) in [5, 5.41) is 17.2. The molecular formula is C9H12BrNO6S. The highest BCUT2D eigenvalue weighted by molar-refractivity contribution is 9.10. The lowest BCUT2D eigenvalue weighted by molar-refractivity contribution is 0.0661. The van der Waals surface area contributed by atoms with Crippen LogP contribution in [0.2, 0.25) is 0 Å². The number of aliphatic hydroxyl groups is 1. The van der Waals surface area contributed by atoms with Gasteiger partial charge in [0.15, 0.2) is 4.67 Å². The van der Waals surface area contributed by atoms with E-state index in [0.29, 0.717) is 12.8 Å². The zero-order chi connectivity index (χ0) is 13.8. The summed E-state index contributed by atoms with van der Waals surface area (Å²) in [5.41, 5.74) is 0. The number of aliphatic hydroxyl groups excluding tert-OH is 1. The molecule has 3 N–H and O–H groups in total. The van der Waals surface area contributed by atoms with Crippen molar-refractivity contribution >= 4 is 31.9 Å². The van der Waals surface area contributed by atoms with Crippen LogP contribution in [0, 0.1) is 0 Å². The Morgan fingerprint density at radius 3 is 2.61 bits per heavy atom. The van der Waals surface area contributed by atoms with Crippen LogP contribution in [0.4, 0.5) is 0 Å². The first-order chi connectivity index (χ1) is 8.38. The number of aromatic carboxylic acids is 1. The van der Waals surface area contributed by atoms with E-state index in [4.69, 9.17) is 14.6 Å². The Morgan fingerprint density at radius 1 is 1.44 bits per heavy atom. The van der Waals surface area contributed by atoms with Gasteiger partial charge in [-0.15, -0.1) is 0 Å². The van der Waals surface area contributed by atoms with E-state index in [1.54, 1.807) is 0 Å². The summed E-state index contributed by atoms with van der Waals surface area (Å²) in [5.74, 6) is -1.81. The molecule has 1 aromatic heterocycles. The number of sulfonamides is 1. The first-order valence-electron chi connectivity index (χ1n) is 5.01. The van der Waals surface area contributed by atoms with Crippen molar-refractivity contribution in [3.05, 3.63) is 16.5 Å². The van der Waals surface area contributed by atoms with Gasteiger partial charge in [-0.05, 0) is 28.8 Å². The van der Waals surface area contributed by atoms with E-state index in [2.05, 4.69) is 20.7 Å². The van der Waals surface area contributed by atoms with Gasteiger partial charge in [0.2, 0.25) is 15.8 Å². The number of hydrogen-bond donors (Lipinski definition) is 3. The van der Waals surface area contributed by atoms with Gasteiger partial charge >= 0.3 is 5.97 Å². The van der Waals surface area contributed by atoms with Gasteiger partial charge in [0, 0.05) is 19.2 Å². The number of rotatable bonds is 7. The zero-order valence-electron chi connectivity index (χ0n) is 9.22. The summed E-state index contributed by atoms with van der Waals surface area (Å²) in [7, 11) is -3.82. The number of unbranched alkanes of at least 4 members (excludes halogenated alkanes) is 1. The molecule has 0 bridgehead atoms. The smallest absolute Gasteiger partial charge is 0.371 e. The summed E-state index contributed by atoms with van der Waals surface area (Å²) < 4.78 is 30.5. The van der Waals surface area contributed by atoms with E-state index in [1.165, 1.54) is 0 Å². The average Bonchev–Trinajstić information content (AvgIpc) is 2.68. The molecule has 0 unspecified atom stereocenters. The Labute approximate surface area is 112 Å². The van der Waals surface area contributed by atoms with Crippen LogP contribution >= 0.6 is 15.9 Å². The number of carbonyl (C=O) groups is 1. The van der Waals surface area contributed by atoms with Gasteiger partial charge in [0.1, 0.15) is 4.90 Å². The molecule has 0 fully saturated rings. The van der Waals surface area contributed by atoms with E-state index in [9.17, 15) is 13.2 Å². The summed E-state index contributed by atoms with van der Waals surface area (Å²) in [6.45, 7) is 0.142. The Kier molecular flexibility index (Phi) is 5.32. The minimum absolute atomic E-state index is 0.0136. The second-order valence-corrected chi connectivity index (χ2v) is 5.84. The lowest BCUT2D eigenvalue weighted by Crippen LogP contribution is -2.24. The van der Waals surface area contributed by atoms with Crippen molar-refractivity contribution in [2.75, 3.05) is 13.2 Å². The molecule has 102 valence electrons. The van der Waals surface area contributed by atoms with Gasteiger partial charge in [-0.2, -0.15) is 0 Å². The molecule has 1 rings (SSSR count). The maximum absolute atomic E-state index is 11.8. The van der Waals surface area contributed by atoms with Crippen molar-refractivity contribution in [1.82, 2.24) is 4.72 Å². The Balaban J connectivity index is 2.81. The second kappa shape index (κ2) is 6.32. The van der Waals surface area contributed by atoms with E-state index in [-0.39, 0.29) is 22.7 Å². The van der Waals surface area contributed by atoms with Crippen LogP contribution < -0.4 is 4.72 Å². The fourth-order valence-corrected chi connectivity index (χ4v) is 3.17. The van der Waals surface area contributed by atoms with Crippen molar-refractivity contribution in [2.24, 2.45) is 0 Å². The summed E-state index contributed by atoms with van der Waals surface area (Å²) >= 11 is 2.85. The number of carboxylic acid groups (broad SMARTS) is 1. The molecule has 0 aliphatic rings. The Hall–Kier alpha value is -0.900. The standard InChI is InChI=1S/C9H12BrNO6S/c10-8-7(5-6(17-8)9(13)14)18(15,16)11-3-1-2-4-12/h5,11-12H,1-4H2,(H,13,14). The van der Waals surface area contributed by atoms with Crippen molar-refractivity contribution in [3.63, 3.8) is 0 Å². The molecule has 1 heterocycles. The Morgan fingerprint density at radius 2 is 2.11 bits per heavy atom. The predicted molar refractivity (Wildman–Crippen MR) is 64.9 cm³/mol. The summed E-state index contributed by atoms with van der Waals surface area (Å²) in [6.07, 6.45) is 0.965. The molecule has 0 atom stereocenters. The van der Waals surface area contributed by atoms with Gasteiger partial charge in [-0.3, -0.25) is 0 Å². The molecule has 0 radical (unpaired) electrons. The van der Waals surface area contributed by atoms with Gasteiger partial charge < -0.3 is 14.6 Å². The maximum atomic E-state index is 11.8. The summed E-state index contributed by atoms with van der Waals surface area (Å²) in [6, 6.07) is 0.931. The fourth-order valence-electron chi connectivity index (χ4n) is 1.16. The molecule has 1 aromatic rings. The van der Waals surface area contributed by atoms with Gasteiger partial charge in [-0.25, -0.2) is 17.9 Å². The zero-order valence-corrected chi connectivity index (χ0v) is 11.6. The highest BCUT2D eigenvalue weighted by Crippen LogP contribution is 2.25. The van der Waals surface area contributed by atoms with Crippen LogP contribution in [-0.4, -0.2) is 37.8 Å². The van der Waals surface area contributed by atoms with E-state index < -0.39 is 21.8 Å². The SMILES string of the molecule is O=C(O)c1cc(S(=O)(=O)NCCCCO)c(Br)o1. The summed E-state index contributed by atoms with van der Waals surface area (Å²) in [4.78, 5) is 10.4. The molecular weight excluding hydrogens is 330 g/mol. The van der Waals surface area contributed by atoms with Crippen LogP contribution in [0.1, 0.15) is 23.4 Å². The lowest BCUT2D eigenvalue weighted by atomic mass is 10.3. The first kappa shape index (κ1) is 15.2. The monoisotopic (exact) mass is 341 g/mol. The molecule has 0 aliphatic carbocycles. The highest BCUT2D eigenvalue weighted by atomic mass is 79.9. The van der Waals surface area contributed by atoms with Crippen molar-refractivity contribution in [1.29, 1.82) is 0 Å². The second-order valence-electron chi connectivity index (χ2n) is 3.38. The van der Waals surface area contributed by atoms with Crippen LogP contribution in [0.15, 0.2) is 20.0 Å². The molecule has 0 amide bonds. The molecule has 7 nitrogen and oxygen atoms in total. The van der Waals surface area contributed by atoms with Gasteiger partial charge in [-0.1, -0.05) is 0 Å². The third kappa shape index (κ3) is 3.80. The molecule has 0 saturated carbocycles. The molecule has 9 heteroatoms. The number of carboxylic acids is 1. The minimum Gasteiger partial charge on any atom is -0.475 e. The van der Waals surface area contributed by atoms with Crippen molar-refractivity contribution < 1.29 is 27.8 Å². The number of furan rings is 1. The minimum atomic E-state index is -3.82. The van der Waals surface area contributed by atoms with Gasteiger partial charge in [0.25, 0.3) is 0 Å². The van der Waals surface area contributed by atoms with Gasteiger partial charge in [0.05, 0.1) is 0 Å². The average molecular weight is 342 g/mol. The predicted octanol–water partition coefficient (Wildman–Crippen LogP) is 0.791. The number of hydrogen-bond acceptors (Lipinski definition) is 5. The van der Waals surface area contributed by atoms with E-state index in [1.807, 2.05) is 0 Å². The molecule has 0 saturated heterocycles. The fraction of sp³-hybridized carbons (Fsp3) is 0.444. The quantitative estimate of drug-likeness (QED) is 0.631. The van der Waals surface area contributed by atoms with E-state index in [0.717, 1.165) is 6.07 Å². The topological polar surface area (TPSA) is 117 Å². The highest BCUT2D eigenvalue weighted by Gasteiger charge is 2.24. The van der Waals surface area contributed by atoms with Crippen molar-refractivity contribution in [3.8, 4) is 0 Å². The third-order valence-corrected chi connectivity index (χ3v) is 4.35. The maximum Gasteiger partial charge on any atom is 0.371 e. The van der Waals surface area contributed by atoms with E-state index >= 15 is 0 Å². The number of halogens is 1. The first-order valence-corrected chi connectivity index (χ1v) is 7.29.